The maximum atomic E-state index is 10.3. The second-order valence-corrected chi connectivity index (χ2v) is 13.2. The number of fused-ring (bicyclic) bond motifs is 2. The molecule has 1 saturated heterocycles. The molecule has 0 aromatic heterocycles. The summed E-state index contributed by atoms with van der Waals surface area (Å²) in [5, 5.41) is 15.9. The van der Waals surface area contributed by atoms with Gasteiger partial charge in [-0.05, 0) is 111 Å². The van der Waals surface area contributed by atoms with E-state index in [0.717, 1.165) is 36.4 Å². The number of alkyl halides is 1. The fraction of sp³-hybridized carbons (Fsp3) is 0.175. The van der Waals surface area contributed by atoms with Crippen LogP contribution in [0.2, 0.25) is 10.0 Å². The molecule has 0 aliphatic carbocycles. The SMILES string of the molecule is BrCc1ccc2ccccc2c1.C1CCOC1.Clc1ccc(CCc2ccc3ccccc3c2)cc1.O=CO[O-].O=S([O-])c1ccc(Cl)cc1.[H-].[K+].[K+].[Na+]. The number of halogens is 3. The third-order valence-corrected chi connectivity index (χ3v) is 9.08. The summed E-state index contributed by atoms with van der Waals surface area (Å²) in [4.78, 5) is 11.5. The summed E-state index contributed by atoms with van der Waals surface area (Å²) in [5.41, 5.74) is 4.04. The Morgan fingerprint density at radius 2 is 1.08 bits per heavy atom. The Hall–Kier alpha value is 0.673. The van der Waals surface area contributed by atoms with E-state index in [1.165, 1.54) is 75.3 Å². The number of rotatable bonds is 6. The molecule has 1 aliphatic rings. The average molecular weight is 899 g/mol. The maximum Gasteiger partial charge on any atom is 1.00 e. The van der Waals surface area contributed by atoms with Crippen LogP contribution in [-0.2, 0) is 43.7 Å². The number of aryl methyl sites for hydroxylation is 2. The smallest absolute Gasteiger partial charge is 1.00 e. The number of ether oxygens (including phenoxy) is 1. The standard InChI is InChI=1S/C18H15Cl.C11H9Br.C6H5ClO2S.C4H8O.CH2O3.2K.Na.H/c19-18-11-8-14(9-12-18)5-6-15-7-10-16-3-1-2-4-17(16)13-15;12-8-9-5-6-10-3-1-2-4-11(10)7-9;7-5-1-3-6(4-2-5)10(8)9;1-2-4-5-3-1;2-1-4-3;;;;/h1-4,7-13H,5-6H2;1-7H,8H2;1-4H,(H,8,9);1-4H2;1,3H;;;;/q;;;;;3*+1;-1/p-2. The topological polar surface area (TPSA) is 98.7 Å². The van der Waals surface area contributed by atoms with Crippen molar-refractivity contribution in [2.24, 2.45) is 0 Å². The van der Waals surface area contributed by atoms with Gasteiger partial charge < -0.3 is 20.9 Å². The molecule has 0 N–H and O–H groups in total. The van der Waals surface area contributed by atoms with Crippen LogP contribution in [0.3, 0.4) is 0 Å². The van der Waals surface area contributed by atoms with Gasteiger partial charge in [0.1, 0.15) is 0 Å². The first kappa shape index (κ1) is 53.7. The van der Waals surface area contributed by atoms with Crippen molar-refractivity contribution in [2.75, 3.05) is 13.2 Å². The van der Waals surface area contributed by atoms with Crippen LogP contribution in [0, 0.1) is 0 Å². The normalized spacial score (nSPS) is 11.3. The van der Waals surface area contributed by atoms with Gasteiger partial charge in [0.25, 0.3) is 6.47 Å². The van der Waals surface area contributed by atoms with E-state index in [2.05, 4.69) is 118 Å². The monoisotopic (exact) mass is 896 g/mol. The third kappa shape index (κ3) is 22.4. The molecule has 6 nitrogen and oxygen atoms in total. The van der Waals surface area contributed by atoms with Crippen molar-refractivity contribution in [1.82, 2.24) is 0 Å². The summed E-state index contributed by atoms with van der Waals surface area (Å²) in [6.07, 6.45) is 4.67. The summed E-state index contributed by atoms with van der Waals surface area (Å²) < 4.78 is 25.5. The van der Waals surface area contributed by atoms with Gasteiger partial charge in [0.2, 0.25) is 0 Å². The Bertz CT molecular complexity index is 1900. The first-order valence-electron chi connectivity index (χ1n) is 15.7. The van der Waals surface area contributed by atoms with Gasteiger partial charge in [0, 0.05) is 33.5 Å². The molecule has 1 unspecified atom stereocenters. The van der Waals surface area contributed by atoms with Crippen LogP contribution in [0.15, 0.2) is 138 Å². The quantitative estimate of drug-likeness (QED) is 0.0618. The summed E-state index contributed by atoms with van der Waals surface area (Å²) in [7, 11) is 0. The number of hydrogen-bond acceptors (Lipinski definition) is 6. The van der Waals surface area contributed by atoms with Crippen molar-refractivity contribution in [1.29, 1.82) is 0 Å². The molecule has 0 spiro atoms. The minimum absolute atomic E-state index is 0. The molecule has 1 heterocycles. The third-order valence-electron chi connectivity index (χ3n) is 7.27. The number of benzene rings is 6. The fourth-order valence-corrected chi connectivity index (χ4v) is 5.67. The number of carbonyl (C=O) groups is 1. The molecule has 7 rings (SSSR count). The van der Waals surface area contributed by atoms with Crippen LogP contribution in [0.4, 0.5) is 0 Å². The molecule has 13 heteroatoms. The van der Waals surface area contributed by atoms with Crippen LogP contribution in [-0.4, -0.2) is 28.4 Å². The minimum atomic E-state index is -2.15. The molecule has 0 bridgehead atoms. The van der Waals surface area contributed by atoms with Crippen molar-refractivity contribution in [3.8, 4) is 0 Å². The average Bonchev–Trinajstić information content (AvgIpc) is 3.76. The number of carbonyl (C=O) groups excluding carboxylic acids is 1. The second-order valence-electron chi connectivity index (χ2n) is 10.8. The van der Waals surface area contributed by atoms with E-state index in [1.54, 1.807) is 0 Å². The van der Waals surface area contributed by atoms with E-state index in [1.807, 2.05) is 12.1 Å². The van der Waals surface area contributed by atoms with Crippen molar-refractivity contribution >= 4 is 78.2 Å². The van der Waals surface area contributed by atoms with Crippen LogP contribution in [0.25, 0.3) is 21.5 Å². The van der Waals surface area contributed by atoms with Gasteiger partial charge in [0.15, 0.2) is 0 Å². The molecule has 53 heavy (non-hydrogen) atoms. The first-order valence-corrected chi connectivity index (χ1v) is 18.7. The van der Waals surface area contributed by atoms with Gasteiger partial charge in [-0.3, -0.25) is 9.00 Å². The molecule has 264 valence electrons. The zero-order valence-corrected chi connectivity index (χ0v) is 42.4. The molecule has 0 amide bonds. The Balaban J connectivity index is 0. The van der Waals surface area contributed by atoms with Crippen molar-refractivity contribution in [2.45, 2.75) is 35.9 Å². The van der Waals surface area contributed by atoms with E-state index in [9.17, 15) is 8.76 Å². The largest absolute Gasteiger partial charge is 1.00 e. The Morgan fingerprint density at radius 1 is 0.679 bits per heavy atom. The number of hydrogen-bond donors (Lipinski definition) is 0. The zero-order valence-electron chi connectivity index (χ0n) is 31.2. The molecule has 6 aromatic rings. The van der Waals surface area contributed by atoms with Crippen molar-refractivity contribution in [3.63, 3.8) is 0 Å². The van der Waals surface area contributed by atoms with Crippen molar-refractivity contribution < 1.29 is 162 Å². The predicted molar refractivity (Wildman–Crippen MR) is 206 cm³/mol. The van der Waals surface area contributed by atoms with Gasteiger partial charge in [-0.25, -0.2) is 0 Å². The zero-order chi connectivity index (χ0) is 36.0. The summed E-state index contributed by atoms with van der Waals surface area (Å²) >= 11 is 12.7. The van der Waals surface area contributed by atoms with Crippen LogP contribution in [0.5, 0.6) is 0 Å². The Morgan fingerprint density at radius 3 is 1.49 bits per heavy atom. The van der Waals surface area contributed by atoms with Crippen LogP contribution in [0.1, 0.15) is 31.0 Å². The van der Waals surface area contributed by atoms with E-state index < -0.39 is 11.1 Å². The summed E-state index contributed by atoms with van der Waals surface area (Å²) in [5.74, 6) is 0. The molecule has 1 aliphatic heterocycles. The van der Waals surface area contributed by atoms with E-state index in [-0.39, 0.29) is 145 Å². The van der Waals surface area contributed by atoms with Gasteiger partial charge in [-0.2, -0.15) is 0 Å². The van der Waals surface area contributed by atoms with E-state index >= 15 is 0 Å². The molecule has 1 fully saturated rings. The molecular weight excluding hydrogens is 860 g/mol. The van der Waals surface area contributed by atoms with Crippen molar-refractivity contribution in [3.05, 3.63) is 160 Å². The summed E-state index contributed by atoms with van der Waals surface area (Å²) in [6, 6.07) is 44.2. The molecular formula is C40H38BrCl2K2NaO6S. The summed E-state index contributed by atoms with van der Waals surface area (Å²) in [6.45, 7) is 1.82. The Labute approximate surface area is 442 Å². The maximum absolute atomic E-state index is 10.3. The minimum Gasteiger partial charge on any atom is -1.00 e. The Kier molecular flexibility index (Phi) is 33.0. The van der Waals surface area contributed by atoms with E-state index in [0.29, 0.717) is 5.02 Å². The fourth-order valence-electron chi connectivity index (χ4n) is 4.71. The predicted octanol–water partition coefficient (Wildman–Crippen LogP) is 0.947. The molecule has 0 radical (unpaired) electrons. The van der Waals surface area contributed by atoms with Crippen LogP contribution >= 0.6 is 39.1 Å². The van der Waals surface area contributed by atoms with Crippen LogP contribution < -0.4 is 138 Å². The second kappa shape index (κ2) is 32.6. The van der Waals surface area contributed by atoms with Gasteiger partial charge in [-0.15, -0.1) is 0 Å². The first-order chi connectivity index (χ1) is 24.3. The van der Waals surface area contributed by atoms with Gasteiger partial charge in [-0.1, -0.05) is 136 Å². The molecule has 1 atom stereocenters. The molecule has 6 aromatic carbocycles. The van der Waals surface area contributed by atoms with Gasteiger partial charge in [0.05, 0.1) is 0 Å². The van der Waals surface area contributed by atoms with E-state index in [4.69, 9.17) is 38.0 Å². The molecule has 0 saturated carbocycles. The van der Waals surface area contributed by atoms with Gasteiger partial charge >= 0.3 is 132 Å².